The number of aromatic nitrogens is 3. The molecule has 9 heteroatoms. The molecule has 3 aromatic rings. The van der Waals surface area contributed by atoms with Gasteiger partial charge in [0.2, 0.25) is 5.95 Å². The van der Waals surface area contributed by atoms with Crippen molar-refractivity contribution in [2.75, 3.05) is 18.4 Å². The van der Waals surface area contributed by atoms with Gasteiger partial charge in [0.15, 0.2) is 5.65 Å². The van der Waals surface area contributed by atoms with E-state index in [0.717, 1.165) is 24.2 Å². The van der Waals surface area contributed by atoms with Gasteiger partial charge in [-0.1, -0.05) is 12.1 Å². The van der Waals surface area contributed by atoms with E-state index < -0.39 is 6.36 Å². The minimum Gasteiger partial charge on any atom is -0.406 e. The average Bonchev–Trinajstić information content (AvgIpc) is 3.17. The number of fused-ring (bicyclic) bond motifs is 3. The summed E-state index contributed by atoms with van der Waals surface area (Å²) in [5, 5.41) is 11.5. The maximum atomic E-state index is 12.4. The van der Waals surface area contributed by atoms with Crippen LogP contribution in [0.5, 0.6) is 5.75 Å². The Kier molecular flexibility index (Phi) is 4.34. The molecule has 0 spiro atoms. The van der Waals surface area contributed by atoms with Crippen LogP contribution in [0.15, 0.2) is 42.6 Å². The number of halogens is 3. The van der Waals surface area contributed by atoms with Crippen LogP contribution in [0.25, 0.3) is 16.8 Å². The molecule has 1 aliphatic heterocycles. The number of rotatable bonds is 4. The minimum atomic E-state index is -4.71. The maximum Gasteiger partial charge on any atom is 0.573 e. The smallest absolute Gasteiger partial charge is 0.406 e. The van der Waals surface area contributed by atoms with E-state index in [1.807, 2.05) is 18.3 Å². The molecule has 1 saturated carbocycles. The van der Waals surface area contributed by atoms with Crippen LogP contribution >= 0.6 is 0 Å². The number of piperidine rings is 1. The summed E-state index contributed by atoms with van der Waals surface area (Å²) in [4.78, 5) is 4.67. The summed E-state index contributed by atoms with van der Waals surface area (Å²) in [5.74, 6) is 1.50. The van der Waals surface area contributed by atoms with Crippen molar-refractivity contribution in [2.45, 2.75) is 25.2 Å². The molecule has 1 aromatic carbocycles. The fraction of sp³-hybridized carbons (Fsp3) is 0.400. The van der Waals surface area contributed by atoms with Crippen LogP contribution < -0.4 is 15.4 Å². The monoisotopic (exact) mass is 403 g/mol. The first-order valence-electron chi connectivity index (χ1n) is 9.65. The molecule has 2 bridgehead atoms. The lowest BCUT2D eigenvalue weighted by Crippen LogP contribution is -2.45. The Balaban J connectivity index is 1.42. The fourth-order valence-corrected chi connectivity index (χ4v) is 4.50. The van der Waals surface area contributed by atoms with Gasteiger partial charge in [0.25, 0.3) is 0 Å². The highest BCUT2D eigenvalue weighted by atomic mass is 19.4. The van der Waals surface area contributed by atoms with Crippen molar-refractivity contribution in [1.29, 1.82) is 0 Å². The molecule has 2 aromatic heterocycles. The number of anilines is 1. The third kappa shape index (κ3) is 3.62. The van der Waals surface area contributed by atoms with Crippen molar-refractivity contribution >= 4 is 11.6 Å². The second kappa shape index (κ2) is 6.91. The van der Waals surface area contributed by atoms with Gasteiger partial charge in [-0.05, 0) is 67.6 Å². The van der Waals surface area contributed by atoms with Gasteiger partial charge < -0.3 is 15.4 Å². The quantitative estimate of drug-likeness (QED) is 0.696. The third-order valence-corrected chi connectivity index (χ3v) is 5.79. The standard InChI is InChI=1S/C20H20F3N5O/c21-20(22,23)29-15-7-5-12(6-8-15)16-2-1-9-28-18(16)26-19(27-28)25-17-13-3-4-14(17)11-24-10-13/h1-2,5-9,13-14,17,24H,3-4,10-11H2,(H,25,27). The van der Waals surface area contributed by atoms with E-state index in [1.54, 1.807) is 16.6 Å². The number of alkyl halides is 3. The normalized spacial score (nSPS) is 24.0. The van der Waals surface area contributed by atoms with Gasteiger partial charge in [0.1, 0.15) is 5.75 Å². The molecule has 29 heavy (non-hydrogen) atoms. The highest BCUT2D eigenvalue weighted by Crippen LogP contribution is 2.35. The summed E-state index contributed by atoms with van der Waals surface area (Å²) in [6, 6.07) is 9.87. The van der Waals surface area contributed by atoms with Gasteiger partial charge >= 0.3 is 6.36 Å². The predicted octanol–water partition coefficient (Wildman–Crippen LogP) is 3.70. The summed E-state index contributed by atoms with van der Waals surface area (Å²) in [7, 11) is 0. The molecule has 2 unspecified atom stereocenters. The van der Waals surface area contributed by atoms with Crippen LogP contribution in [0.3, 0.4) is 0 Å². The Morgan fingerprint density at radius 1 is 1.07 bits per heavy atom. The van der Waals surface area contributed by atoms with Crippen LogP contribution in [0.4, 0.5) is 19.1 Å². The number of pyridine rings is 1. The third-order valence-electron chi connectivity index (χ3n) is 5.79. The van der Waals surface area contributed by atoms with Crippen molar-refractivity contribution in [2.24, 2.45) is 11.8 Å². The second-order valence-corrected chi connectivity index (χ2v) is 7.62. The Morgan fingerprint density at radius 2 is 1.79 bits per heavy atom. The Bertz CT molecular complexity index is 1000. The zero-order chi connectivity index (χ0) is 20.0. The van der Waals surface area contributed by atoms with Crippen molar-refractivity contribution in [3.05, 3.63) is 42.6 Å². The van der Waals surface area contributed by atoms with Crippen molar-refractivity contribution in [3.8, 4) is 16.9 Å². The molecule has 2 fully saturated rings. The first-order valence-corrected chi connectivity index (χ1v) is 9.65. The lowest BCUT2D eigenvalue weighted by Gasteiger charge is -2.30. The molecule has 0 radical (unpaired) electrons. The maximum absolute atomic E-state index is 12.4. The van der Waals surface area contributed by atoms with Gasteiger partial charge in [0.05, 0.1) is 0 Å². The number of nitrogens with zero attached hydrogens (tertiary/aromatic N) is 3. The Labute approximate surface area is 165 Å². The topological polar surface area (TPSA) is 63.5 Å². The number of hydrogen-bond donors (Lipinski definition) is 2. The predicted molar refractivity (Wildman–Crippen MR) is 102 cm³/mol. The molecule has 152 valence electrons. The zero-order valence-electron chi connectivity index (χ0n) is 15.5. The number of nitrogens with one attached hydrogen (secondary N) is 2. The number of benzene rings is 1. The summed E-state index contributed by atoms with van der Waals surface area (Å²) < 4.78 is 42.8. The second-order valence-electron chi connectivity index (χ2n) is 7.62. The Hall–Kier alpha value is -2.81. The summed E-state index contributed by atoms with van der Waals surface area (Å²) >= 11 is 0. The van der Waals surface area contributed by atoms with Crippen LogP contribution in [0.1, 0.15) is 12.8 Å². The van der Waals surface area contributed by atoms with Crippen LogP contribution in [0.2, 0.25) is 0 Å². The molecule has 6 nitrogen and oxygen atoms in total. The van der Waals surface area contributed by atoms with Crippen molar-refractivity contribution in [1.82, 2.24) is 19.9 Å². The summed E-state index contributed by atoms with van der Waals surface area (Å²) in [6.45, 7) is 2.03. The van der Waals surface area contributed by atoms with Gasteiger partial charge in [-0.3, -0.25) is 0 Å². The molecular formula is C20H20F3N5O. The highest BCUT2D eigenvalue weighted by Gasteiger charge is 2.39. The van der Waals surface area contributed by atoms with E-state index in [9.17, 15) is 13.2 Å². The van der Waals surface area contributed by atoms with Crippen LogP contribution in [-0.2, 0) is 0 Å². The van der Waals surface area contributed by atoms with Crippen LogP contribution in [-0.4, -0.2) is 40.1 Å². The molecule has 2 aliphatic rings. The molecule has 3 heterocycles. The summed E-state index contributed by atoms with van der Waals surface area (Å²) in [5.41, 5.74) is 2.19. The number of hydrogen-bond acceptors (Lipinski definition) is 5. The van der Waals surface area contributed by atoms with Crippen LogP contribution in [0, 0.1) is 11.8 Å². The van der Waals surface area contributed by atoms with Gasteiger partial charge in [-0.25, -0.2) is 4.52 Å². The van der Waals surface area contributed by atoms with E-state index in [4.69, 9.17) is 0 Å². The Morgan fingerprint density at radius 3 is 2.48 bits per heavy atom. The largest absolute Gasteiger partial charge is 0.573 e. The molecule has 1 aliphatic carbocycles. The van der Waals surface area contributed by atoms with Gasteiger partial charge in [-0.2, -0.15) is 4.98 Å². The lowest BCUT2D eigenvalue weighted by atomic mass is 9.94. The SMILES string of the molecule is FC(F)(F)Oc1ccc(-c2cccn3nc(NC4C5CCC4CNC5)nc23)cc1. The number of ether oxygens (including phenoxy) is 1. The van der Waals surface area contributed by atoms with Gasteiger partial charge in [0, 0.05) is 17.8 Å². The molecule has 0 amide bonds. The highest BCUT2D eigenvalue weighted by molar-refractivity contribution is 5.78. The molecule has 5 rings (SSSR count). The van der Waals surface area contributed by atoms with E-state index in [2.05, 4.69) is 25.5 Å². The molecule has 2 N–H and O–H groups in total. The van der Waals surface area contributed by atoms with Gasteiger partial charge in [-0.15, -0.1) is 18.3 Å². The van der Waals surface area contributed by atoms with E-state index >= 15 is 0 Å². The lowest BCUT2D eigenvalue weighted by molar-refractivity contribution is -0.274. The molecule has 2 atom stereocenters. The molecule has 1 saturated heterocycles. The van der Waals surface area contributed by atoms with E-state index in [-0.39, 0.29) is 5.75 Å². The average molecular weight is 403 g/mol. The molecular weight excluding hydrogens is 383 g/mol. The van der Waals surface area contributed by atoms with E-state index in [0.29, 0.717) is 29.5 Å². The first-order chi connectivity index (χ1) is 14.0. The fourth-order valence-electron chi connectivity index (χ4n) is 4.50. The minimum absolute atomic E-state index is 0.251. The van der Waals surface area contributed by atoms with E-state index in [1.165, 1.54) is 25.0 Å². The summed E-state index contributed by atoms with van der Waals surface area (Å²) in [6.07, 6.45) is -0.473. The van der Waals surface area contributed by atoms with Crippen molar-refractivity contribution in [3.63, 3.8) is 0 Å². The zero-order valence-corrected chi connectivity index (χ0v) is 15.5. The van der Waals surface area contributed by atoms with Crippen molar-refractivity contribution < 1.29 is 17.9 Å². The first kappa shape index (κ1) is 18.2.